The molecule has 0 aromatic heterocycles. The molecule has 1 aliphatic rings. The van der Waals surface area contributed by atoms with Crippen molar-refractivity contribution < 1.29 is 22.7 Å². The number of sulfonamides is 1. The van der Waals surface area contributed by atoms with Crippen LogP contribution in [0.25, 0.3) is 0 Å². The van der Waals surface area contributed by atoms with Gasteiger partial charge in [-0.3, -0.25) is 4.79 Å². The molecular weight excluding hydrogens is 428 g/mol. The standard InChI is InChI=1S/C24H32N2O5S/c1-24(2,3)20-8-6-17(7-9-20)23(27)25-11-13-32(28,29)26-12-10-18-14-21(30-4)22(31-5)15-19(18)16-26/h6-9,14-15H,10-13,16H2,1-5H3,(H,25,27). The van der Waals surface area contributed by atoms with E-state index in [4.69, 9.17) is 9.47 Å². The number of benzene rings is 2. The van der Waals surface area contributed by atoms with E-state index in [2.05, 4.69) is 26.1 Å². The van der Waals surface area contributed by atoms with Gasteiger partial charge in [-0.05, 0) is 52.8 Å². The molecule has 0 atom stereocenters. The summed E-state index contributed by atoms with van der Waals surface area (Å²) in [5.41, 5.74) is 3.62. The Morgan fingerprint density at radius 3 is 2.19 bits per heavy atom. The fourth-order valence-corrected chi connectivity index (χ4v) is 5.06. The summed E-state index contributed by atoms with van der Waals surface area (Å²) in [6, 6.07) is 11.1. The summed E-state index contributed by atoms with van der Waals surface area (Å²) < 4.78 is 37.9. The third-order valence-electron chi connectivity index (χ3n) is 5.74. The number of amides is 1. The highest BCUT2D eigenvalue weighted by atomic mass is 32.2. The summed E-state index contributed by atoms with van der Waals surface area (Å²) in [7, 11) is -0.382. The van der Waals surface area contributed by atoms with Crippen LogP contribution in [0.5, 0.6) is 11.5 Å². The van der Waals surface area contributed by atoms with E-state index in [1.807, 2.05) is 24.3 Å². The SMILES string of the molecule is COc1cc2c(cc1OC)CN(S(=O)(=O)CCNC(=O)c1ccc(C(C)(C)C)cc1)CC2. The first-order valence-electron chi connectivity index (χ1n) is 10.7. The van der Waals surface area contributed by atoms with Crippen LogP contribution < -0.4 is 14.8 Å². The highest BCUT2D eigenvalue weighted by molar-refractivity contribution is 7.89. The Morgan fingerprint density at radius 1 is 1.03 bits per heavy atom. The van der Waals surface area contributed by atoms with Crippen molar-refractivity contribution in [3.05, 3.63) is 58.7 Å². The number of hydrogen-bond donors (Lipinski definition) is 1. The fourth-order valence-electron chi connectivity index (χ4n) is 3.74. The van der Waals surface area contributed by atoms with Crippen LogP contribution in [0, 0.1) is 0 Å². The van der Waals surface area contributed by atoms with Crippen molar-refractivity contribution in [2.45, 2.75) is 39.2 Å². The largest absolute Gasteiger partial charge is 0.493 e. The number of hydrogen-bond acceptors (Lipinski definition) is 5. The molecule has 2 aromatic carbocycles. The fraction of sp³-hybridized carbons (Fsp3) is 0.458. The smallest absolute Gasteiger partial charge is 0.251 e. The number of nitrogens with zero attached hydrogens (tertiary/aromatic N) is 1. The highest BCUT2D eigenvalue weighted by Gasteiger charge is 2.28. The van der Waals surface area contributed by atoms with Gasteiger partial charge in [-0.25, -0.2) is 8.42 Å². The Kier molecular flexibility index (Phi) is 7.15. The second-order valence-corrected chi connectivity index (χ2v) is 11.0. The maximum Gasteiger partial charge on any atom is 0.251 e. The van der Waals surface area contributed by atoms with Crippen LogP contribution >= 0.6 is 0 Å². The Morgan fingerprint density at radius 2 is 1.62 bits per heavy atom. The first kappa shape index (κ1) is 24.1. The molecule has 0 bridgehead atoms. The summed E-state index contributed by atoms with van der Waals surface area (Å²) in [4.78, 5) is 12.4. The molecule has 3 rings (SSSR count). The van der Waals surface area contributed by atoms with Crippen molar-refractivity contribution in [3.8, 4) is 11.5 Å². The van der Waals surface area contributed by atoms with Crippen LogP contribution in [0.1, 0.15) is 47.8 Å². The van der Waals surface area contributed by atoms with E-state index in [1.165, 1.54) is 4.31 Å². The van der Waals surface area contributed by atoms with E-state index >= 15 is 0 Å². The average Bonchev–Trinajstić information content (AvgIpc) is 2.76. The molecule has 0 saturated carbocycles. The molecule has 0 aliphatic carbocycles. The number of fused-ring (bicyclic) bond motifs is 1. The number of nitrogens with one attached hydrogen (secondary N) is 1. The van der Waals surface area contributed by atoms with E-state index in [0.29, 0.717) is 30.0 Å². The van der Waals surface area contributed by atoms with Gasteiger partial charge in [0.2, 0.25) is 10.0 Å². The molecule has 0 saturated heterocycles. The summed E-state index contributed by atoms with van der Waals surface area (Å²) in [6.07, 6.45) is 0.599. The molecule has 1 heterocycles. The summed E-state index contributed by atoms with van der Waals surface area (Å²) >= 11 is 0. The molecule has 0 radical (unpaired) electrons. The van der Waals surface area contributed by atoms with Gasteiger partial charge in [-0.2, -0.15) is 4.31 Å². The second-order valence-electron chi connectivity index (χ2n) is 8.96. The molecule has 0 spiro atoms. The molecule has 7 nitrogen and oxygen atoms in total. The minimum atomic E-state index is -3.52. The highest BCUT2D eigenvalue weighted by Crippen LogP contribution is 2.33. The van der Waals surface area contributed by atoms with Crippen molar-refractivity contribution in [1.29, 1.82) is 0 Å². The van der Waals surface area contributed by atoms with Gasteiger partial charge in [0, 0.05) is 25.2 Å². The Bertz CT molecular complexity index is 1070. The van der Waals surface area contributed by atoms with E-state index in [1.54, 1.807) is 26.4 Å². The van der Waals surface area contributed by atoms with Gasteiger partial charge in [0.05, 0.1) is 20.0 Å². The van der Waals surface area contributed by atoms with Crippen molar-refractivity contribution in [3.63, 3.8) is 0 Å². The first-order valence-corrected chi connectivity index (χ1v) is 12.3. The zero-order chi connectivity index (χ0) is 23.5. The monoisotopic (exact) mass is 460 g/mol. The van der Waals surface area contributed by atoms with Gasteiger partial charge >= 0.3 is 0 Å². The second kappa shape index (κ2) is 9.50. The minimum absolute atomic E-state index is 0.00525. The third-order valence-corrected chi connectivity index (χ3v) is 7.55. The quantitative estimate of drug-likeness (QED) is 0.686. The Balaban J connectivity index is 1.59. The van der Waals surface area contributed by atoms with Crippen LogP contribution in [0.2, 0.25) is 0 Å². The normalized spacial score (nSPS) is 14.5. The zero-order valence-electron chi connectivity index (χ0n) is 19.4. The molecule has 1 aliphatic heterocycles. The number of ether oxygens (including phenoxy) is 2. The molecule has 174 valence electrons. The number of rotatable bonds is 7. The van der Waals surface area contributed by atoms with Gasteiger partial charge in [0.1, 0.15) is 0 Å². The summed E-state index contributed by atoms with van der Waals surface area (Å²) in [5.74, 6) is 0.791. The van der Waals surface area contributed by atoms with Crippen LogP contribution in [0.4, 0.5) is 0 Å². The van der Waals surface area contributed by atoms with Crippen molar-refractivity contribution in [1.82, 2.24) is 9.62 Å². The summed E-state index contributed by atoms with van der Waals surface area (Å²) in [6.45, 7) is 7.06. The Hall–Kier alpha value is -2.58. The van der Waals surface area contributed by atoms with Crippen LogP contribution in [0.15, 0.2) is 36.4 Å². The van der Waals surface area contributed by atoms with Crippen molar-refractivity contribution in [2.24, 2.45) is 0 Å². The van der Waals surface area contributed by atoms with Crippen molar-refractivity contribution >= 4 is 15.9 Å². The molecule has 32 heavy (non-hydrogen) atoms. The lowest BCUT2D eigenvalue weighted by Gasteiger charge is -2.29. The lowest BCUT2D eigenvalue weighted by atomic mass is 9.87. The minimum Gasteiger partial charge on any atom is -0.493 e. The predicted molar refractivity (Wildman–Crippen MR) is 125 cm³/mol. The molecule has 0 fully saturated rings. The lowest BCUT2D eigenvalue weighted by molar-refractivity contribution is 0.0956. The van der Waals surface area contributed by atoms with Crippen molar-refractivity contribution in [2.75, 3.05) is 33.1 Å². The topological polar surface area (TPSA) is 84.9 Å². The van der Waals surface area contributed by atoms with E-state index < -0.39 is 10.0 Å². The molecule has 0 unspecified atom stereocenters. The van der Waals surface area contributed by atoms with E-state index in [-0.39, 0.29) is 30.2 Å². The van der Waals surface area contributed by atoms with Crippen LogP contribution in [-0.4, -0.2) is 51.7 Å². The Labute approximate surface area is 190 Å². The molecular formula is C24H32N2O5S. The maximum atomic E-state index is 12.9. The van der Waals surface area contributed by atoms with Crippen LogP contribution in [-0.2, 0) is 28.4 Å². The predicted octanol–water partition coefficient (Wildman–Crippen LogP) is 3.12. The molecule has 1 amide bonds. The number of carbonyl (C=O) groups is 1. The zero-order valence-corrected chi connectivity index (χ0v) is 20.2. The molecule has 2 aromatic rings. The number of methoxy groups -OCH3 is 2. The maximum absolute atomic E-state index is 12.9. The summed E-state index contributed by atoms with van der Waals surface area (Å²) in [5, 5.41) is 2.72. The van der Waals surface area contributed by atoms with E-state index in [9.17, 15) is 13.2 Å². The number of carbonyl (C=O) groups excluding carboxylic acids is 1. The molecule has 8 heteroatoms. The molecule has 1 N–H and O–H groups in total. The van der Waals surface area contributed by atoms with Gasteiger partial charge in [-0.1, -0.05) is 32.9 Å². The van der Waals surface area contributed by atoms with Crippen LogP contribution in [0.3, 0.4) is 0 Å². The third kappa shape index (κ3) is 5.42. The lowest BCUT2D eigenvalue weighted by Crippen LogP contribution is -2.40. The van der Waals surface area contributed by atoms with Gasteiger partial charge in [0.15, 0.2) is 11.5 Å². The van der Waals surface area contributed by atoms with E-state index in [0.717, 1.165) is 16.7 Å². The average molecular weight is 461 g/mol. The van der Waals surface area contributed by atoms with Gasteiger partial charge in [-0.15, -0.1) is 0 Å². The van der Waals surface area contributed by atoms with Gasteiger partial charge < -0.3 is 14.8 Å². The van der Waals surface area contributed by atoms with Gasteiger partial charge in [0.25, 0.3) is 5.91 Å². The first-order chi connectivity index (χ1) is 15.0.